The number of esters is 1. The first-order chi connectivity index (χ1) is 12.0. The van der Waals surface area contributed by atoms with E-state index in [4.69, 9.17) is 21.1 Å². The third-order valence-corrected chi connectivity index (χ3v) is 4.05. The maximum absolute atomic E-state index is 13.1. The van der Waals surface area contributed by atoms with Gasteiger partial charge in [-0.3, -0.25) is 14.4 Å². The Morgan fingerprint density at radius 1 is 0.960 bits per heavy atom. The van der Waals surface area contributed by atoms with Gasteiger partial charge in [0.1, 0.15) is 11.5 Å². The number of ether oxygens (including phenoxy) is 2. The minimum Gasteiger partial charge on any atom is -0.493 e. The second-order valence-corrected chi connectivity index (χ2v) is 5.88. The molecule has 6 heteroatoms. The van der Waals surface area contributed by atoms with Gasteiger partial charge in [0.05, 0.1) is 17.7 Å². The van der Waals surface area contributed by atoms with Gasteiger partial charge < -0.3 is 9.47 Å². The minimum atomic E-state index is -0.564. The molecule has 2 aromatic carbocycles. The molecule has 0 radical (unpaired) electrons. The van der Waals surface area contributed by atoms with Crippen molar-refractivity contribution in [2.24, 2.45) is 0 Å². The molecule has 0 aromatic heterocycles. The maximum Gasteiger partial charge on any atom is 0.308 e. The number of hydrogen-bond acceptors (Lipinski definition) is 5. The lowest BCUT2D eigenvalue weighted by Crippen LogP contribution is -2.23. The highest BCUT2D eigenvalue weighted by atomic mass is 35.5. The van der Waals surface area contributed by atoms with Gasteiger partial charge in [-0.05, 0) is 18.6 Å². The van der Waals surface area contributed by atoms with Crippen molar-refractivity contribution in [1.29, 1.82) is 0 Å². The van der Waals surface area contributed by atoms with E-state index in [9.17, 15) is 14.4 Å². The zero-order chi connectivity index (χ0) is 18.0. The monoisotopic (exact) mass is 358 g/mol. The summed E-state index contributed by atoms with van der Waals surface area (Å²) >= 11 is 5.65. The molecule has 2 aromatic rings. The third kappa shape index (κ3) is 3.15. The van der Waals surface area contributed by atoms with Crippen LogP contribution in [-0.4, -0.2) is 30.0 Å². The second-order valence-electron chi connectivity index (χ2n) is 5.50. The predicted molar refractivity (Wildman–Crippen MR) is 91.9 cm³/mol. The van der Waals surface area contributed by atoms with Crippen molar-refractivity contribution < 1.29 is 23.9 Å². The van der Waals surface area contributed by atoms with E-state index in [1.165, 1.54) is 13.0 Å². The van der Waals surface area contributed by atoms with E-state index in [1.54, 1.807) is 30.3 Å². The van der Waals surface area contributed by atoms with Gasteiger partial charge in [0.2, 0.25) is 5.78 Å². The summed E-state index contributed by atoms with van der Waals surface area (Å²) in [5.41, 5.74) is 0.771. The molecule has 128 valence electrons. The van der Waals surface area contributed by atoms with Gasteiger partial charge in [0.15, 0.2) is 5.78 Å². The van der Waals surface area contributed by atoms with Gasteiger partial charge >= 0.3 is 5.97 Å². The van der Waals surface area contributed by atoms with Crippen LogP contribution in [-0.2, 0) is 4.79 Å². The molecule has 0 heterocycles. The Hall–Kier alpha value is -2.66. The van der Waals surface area contributed by atoms with Crippen LogP contribution in [0.4, 0.5) is 0 Å². The Kier molecular flexibility index (Phi) is 4.86. The molecule has 0 saturated heterocycles. The van der Waals surface area contributed by atoms with Crippen molar-refractivity contribution in [3.8, 4) is 11.5 Å². The number of halogens is 1. The molecule has 0 spiro atoms. The molecule has 5 nitrogen and oxygen atoms in total. The standard InChI is InChI=1S/C19H15ClO5/c1-11(21)25-15-8-3-6-13-17(15)19(23)16-12(18(13)22)5-2-7-14(16)24-10-4-9-20/h2-3,5-8H,4,9-10H2,1H3. The van der Waals surface area contributed by atoms with E-state index in [0.29, 0.717) is 24.7 Å². The van der Waals surface area contributed by atoms with Crippen LogP contribution >= 0.6 is 11.6 Å². The van der Waals surface area contributed by atoms with Crippen LogP contribution in [0.15, 0.2) is 36.4 Å². The van der Waals surface area contributed by atoms with Crippen molar-refractivity contribution in [3.63, 3.8) is 0 Å². The zero-order valence-corrected chi connectivity index (χ0v) is 14.3. The summed E-state index contributed by atoms with van der Waals surface area (Å²) in [5, 5.41) is 0. The van der Waals surface area contributed by atoms with Crippen molar-refractivity contribution in [2.45, 2.75) is 13.3 Å². The van der Waals surface area contributed by atoms with E-state index in [-0.39, 0.29) is 33.8 Å². The van der Waals surface area contributed by atoms with E-state index >= 15 is 0 Å². The molecule has 0 unspecified atom stereocenters. The summed E-state index contributed by atoms with van der Waals surface area (Å²) in [5.74, 6) is -0.439. The fourth-order valence-corrected chi connectivity index (χ4v) is 2.89. The minimum absolute atomic E-state index is 0.0737. The number of carbonyl (C=O) groups excluding carboxylic acids is 3. The van der Waals surface area contributed by atoms with Gasteiger partial charge in [-0.15, -0.1) is 11.6 Å². The number of rotatable bonds is 5. The Bertz CT molecular complexity index is 872. The Balaban J connectivity index is 2.12. The number of hydrogen-bond donors (Lipinski definition) is 0. The van der Waals surface area contributed by atoms with Gasteiger partial charge in [-0.2, -0.15) is 0 Å². The predicted octanol–water partition coefficient (Wildman–Crippen LogP) is 3.40. The first kappa shape index (κ1) is 17.2. The van der Waals surface area contributed by atoms with E-state index in [1.807, 2.05) is 0 Å². The molecule has 1 aliphatic carbocycles. The molecule has 0 N–H and O–H groups in total. The molecule has 0 bridgehead atoms. The summed E-state index contributed by atoms with van der Waals surface area (Å²) in [4.78, 5) is 37.2. The lowest BCUT2D eigenvalue weighted by atomic mass is 9.83. The van der Waals surface area contributed by atoms with Crippen molar-refractivity contribution >= 4 is 29.1 Å². The summed E-state index contributed by atoms with van der Waals surface area (Å²) in [6, 6.07) is 9.51. The van der Waals surface area contributed by atoms with Crippen LogP contribution in [0, 0.1) is 0 Å². The lowest BCUT2D eigenvalue weighted by Gasteiger charge is -2.21. The third-order valence-electron chi connectivity index (χ3n) is 3.79. The fraction of sp³-hybridized carbons (Fsp3) is 0.211. The molecule has 0 amide bonds. The Labute approximate surface area is 149 Å². The quantitative estimate of drug-likeness (QED) is 0.302. The van der Waals surface area contributed by atoms with E-state index in [2.05, 4.69) is 0 Å². The van der Waals surface area contributed by atoms with Crippen molar-refractivity contribution in [2.75, 3.05) is 12.5 Å². The van der Waals surface area contributed by atoms with Gasteiger partial charge in [-0.25, -0.2) is 0 Å². The highest BCUT2D eigenvalue weighted by molar-refractivity contribution is 6.30. The lowest BCUT2D eigenvalue weighted by molar-refractivity contribution is -0.131. The normalized spacial score (nSPS) is 12.4. The Morgan fingerprint density at radius 2 is 1.56 bits per heavy atom. The summed E-state index contributed by atoms with van der Waals surface area (Å²) in [6.07, 6.45) is 0.614. The average molecular weight is 359 g/mol. The first-order valence-electron chi connectivity index (χ1n) is 7.77. The van der Waals surface area contributed by atoms with Crippen LogP contribution < -0.4 is 9.47 Å². The molecule has 1 aliphatic rings. The topological polar surface area (TPSA) is 69.7 Å². The number of benzene rings is 2. The average Bonchev–Trinajstić information content (AvgIpc) is 2.59. The van der Waals surface area contributed by atoms with Gasteiger partial charge in [0.25, 0.3) is 0 Å². The molecular weight excluding hydrogens is 344 g/mol. The van der Waals surface area contributed by atoms with Gasteiger partial charge in [-0.1, -0.05) is 24.3 Å². The fourth-order valence-electron chi connectivity index (χ4n) is 2.78. The summed E-state index contributed by atoms with van der Waals surface area (Å²) < 4.78 is 10.7. The summed E-state index contributed by atoms with van der Waals surface area (Å²) in [6.45, 7) is 1.57. The Morgan fingerprint density at radius 3 is 2.16 bits per heavy atom. The molecule has 0 aliphatic heterocycles. The van der Waals surface area contributed by atoms with Crippen molar-refractivity contribution in [3.05, 3.63) is 58.7 Å². The highest BCUT2D eigenvalue weighted by Crippen LogP contribution is 2.37. The largest absolute Gasteiger partial charge is 0.493 e. The van der Waals surface area contributed by atoms with Crippen LogP contribution in [0.5, 0.6) is 11.5 Å². The number of carbonyl (C=O) groups is 3. The highest BCUT2D eigenvalue weighted by Gasteiger charge is 2.35. The molecule has 25 heavy (non-hydrogen) atoms. The maximum atomic E-state index is 13.1. The summed E-state index contributed by atoms with van der Waals surface area (Å²) in [7, 11) is 0. The van der Waals surface area contributed by atoms with Crippen molar-refractivity contribution in [1.82, 2.24) is 0 Å². The van der Waals surface area contributed by atoms with Crippen LogP contribution in [0.1, 0.15) is 45.2 Å². The van der Waals surface area contributed by atoms with Crippen LogP contribution in [0.3, 0.4) is 0 Å². The second kappa shape index (κ2) is 7.07. The zero-order valence-electron chi connectivity index (χ0n) is 13.5. The SMILES string of the molecule is CC(=O)Oc1cccc2c1C(=O)c1c(OCCCCl)cccc1C2=O. The number of ketones is 2. The molecule has 0 saturated carbocycles. The van der Waals surface area contributed by atoms with Crippen LogP contribution in [0.2, 0.25) is 0 Å². The first-order valence-corrected chi connectivity index (χ1v) is 8.30. The van der Waals surface area contributed by atoms with Crippen LogP contribution in [0.25, 0.3) is 0 Å². The molecule has 0 atom stereocenters. The number of alkyl halides is 1. The van der Waals surface area contributed by atoms with E-state index < -0.39 is 11.8 Å². The van der Waals surface area contributed by atoms with E-state index in [0.717, 1.165) is 0 Å². The van der Waals surface area contributed by atoms with Gasteiger partial charge in [0, 0.05) is 23.9 Å². The smallest absolute Gasteiger partial charge is 0.308 e. The molecule has 0 fully saturated rings. The molecule has 3 rings (SSSR count). The molecular formula is C19H15ClO5. The number of fused-ring (bicyclic) bond motifs is 2.